The van der Waals surface area contributed by atoms with Gasteiger partial charge in [-0.3, -0.25) is 9.69 Å². The number of benzene rings is 3. The third-order valence-electron chi connectivity index (χ3n) is 13.4. The first-order valence-corrected chi connectivity index (χ1v) is 27.8. The first-order valence-electron chi connectivity index (χ1n) is 25.9. The van der Waals surface area contributed by atoms with E-state index in [4.69, 9.17) is 30.5 Å². The van der Waals surface area contributed by atoms with E-state index < -0.39 is 15.1 Å². The summed E-state index contributed by atoms with van der Waals surface area (Å²) in [6.07, 6.45) is 5.46. The van der Waals surface area contributed by atoms with Gasteiger partial charge in [-0.1, -0.05) is 29.8 Å². The summed E-state index contributed by atoms with van der Waals surface area (Å²) >= 11 is 6.42. The van der Waals surface area contributed by atoms with Crippen molar-refractivity contribution in [2.75, 3.05) is 155 Å². The lowest BCUT2D eigenvalue weighted by molar-refractivity contribution is -0.132. The molecule has 0 radical (unpaired) electrons. The SMILES string of the molecule is CC(C)S(=O)(=O)c1ccccc1Nc1nc(Nc2ccc(N3CCN(C(=O)CCOCCOCCOCCOCCN4CCN(c5cc(N[C@@H]6CCCN(c7cccc(F)c7)C6)ncn5)CC4)CC3)cc2)ncc1Cl. The molecule has 3 aliphatic rings. The van der Waals surface area contributed by atoms with E-state index in [-0.39, 0.29) is 39.5 Å². The molecular formula is C53H70ClFN12O7S. The van der Waals surface area contributed by atoms with Crippen molar-refractivity contribution in [1.82, 2.24) is 29.7 Å². The van der Waals surface area contributed by atoms with Crippen LogP contribution in [0.15, 0.2) is 96.3 Å². The molecule has 1 amide bonds. The highest BCUT2D eigenvalue weighted by molar-refractivity contribution is 7.92. The average Bonchev–Trinajstić information content (AvgIpc) is 3.42. The minimum absolute atomic E-state index is 0.0737. The van der Waals surface area contributed by atoms with E-state index in [0.29, 0.717) is 91.1 Å². The third-order valence-corrected chi connectivity index (χ3v) is 15.8. The normalized spacial score (nSPS) is 16.6. The number of halogens is 2. The molecule has 3 N–H and O–H groups in total. The fraction of sp³-hybridized carbons (Fsp3) is 0.491. The summed E-state index contributed by atoms with van der Waals surface area (Å²) in [5.41, 5.74) is 3.09. The Kier molecular flexibility index (Phi) is 20.4. The Morgan fingerprint density at radius 1 is 0.733 bits per heavy atom. The lowest BCUT2D eigenvalue weighted by atomic mass is 10.0. The molecule has 22 heteroatoms. The molecule has 5 aromatic rings. The minimum atomic E-state index is -3.55. The van der Waals surface area contributed by atoms with Gasteiger partial charge in [0, 0.05) is 101 Å². The van der Waals surface area contributed by atoms with Crippen LogP contribution >= 0.6 is 11.6 Å². The van der Waals surface area contributed by atoms with Crippen molar-refractivity contribution in [2.45, 2.75) is 49.3 Å². The number of aromatic nitrogens is 4. The van der Waals surface area contributed by atoms with Crippen LogP contribution in [0.4, 0.5) is 50.5 Å². The molecule has 75 heavy (non-hydrogen) atoms. The van der Waals surface area contributed by atoms with Gasteiger partial charge in [-0.15, -0.1) is 0 Å². The Labute approximate surface area is 445 Å². The molecule has 3 aliphatic heterocycles. The number of para-hydroxylation sites is 1. The van der Waals surface area contributed by atoms with E-state index in [0.717, 1.165) is 87.4 Å². The van der Waals surface area contributed by atoms with Crippen molar-refractivity contribution < 1.29 is 36.6 Å². The van der Waals surface area contributed by atoms with Crippen molar-refractivity contribution >= 4 is 73.5 Å². The van der Waals surface area contributed by atoms with Gasteiger partial charge in [-0.2, -0.15) is 4.98 Å². The fourth-order valence-corrected chi connectivity index (χ4v) is 10.4. The Hall–Kier alpha value is -5.94. The van der Waals surface area contributed by atoms with Crippen molar-refractivity contribution in [3.8, 4) is 0 Å². The molecule has 0 unspecified atom stereocenters. The van der Waals surface area contributed by atoms with Gasteiger partial charge >= 0.3 is 0 Å². The number of piperidine rings is 1. The number of nitrogens with one attached hydrogen (secondary N) is 3. The van der Waals surface area contributed by atoms with Crippen LogP contribution in [0, 0.1) is 5.82 Å². The Balaban J connectivity index is 0.615. The van der Waals surface area contributed by atoms with Gasteiger partial charge in [0.25, 0.3) is 0 Å². The zero-order chi connectivity index (χ0) is 52.4. The van der Waals surface area contributed by atoms with Crippen LogP contribution < -0.4 is 30.7 Å². The van der Waals surface area contributed by atoms with Crippen LogP contribution in [-0.4, -0.2) is 180 Å². The van der Waals surface area contributed by atoms with Crippen LogP contribution in [0.2, 0.25) is 5.02 Å². The number of ether oxygens (including phenoxy) is 4. The molecule has 3 fully saturated rings. The third kappa shape index (κ3) is 16.3. The van der Waals surface area contributed by atoms with Gasteiger partial charge in [0.1, 0.15) is 28.8 Å². The molecule has 3 aromatic carbocycles. The van der Waals surface area contributed by atoms with Crippen molar-refractivity contribution in [3.05, 3.63) is 102 Å². The predicted molar refractivity (Wildman–Crippen MR) is 291 cm³/mol. The number of hydrogen-bond donors (Lipinski definition) is 3. The highest BCUT2D eigenvalue weighted by Gasteiger charge is 2.26. The second-order valence-electron chi connectivity index (χ2n) is 18.8. The van der Waals surface area contributed by atoms with Crippen molar-refractivity contribution in [1.29, 1.82) is 0 Å². The lowest BCUT2D eigenvalue weighted by Gasteiger charge is -2.36. The summed E-state index contributed by atoms with van der Waals surface area (Å²) in [5.74, 6) is 2.16. The van der Waals surface area contributed by atoms with E-state index in [1.165, 1.54) is 12.3 Å². The predicted octanol–water partition coefficient (Wildman–Crippen LogP) is 6.74. The minimum Gasteiger partial charge on any atom is -0.379 e. The van der Waals surface area contributed by atoms with E-state index in [2.05, 4.69) is 55.5 Å². The number of rotatable bonds is 26. The van der Waals surface area contributed by atoms with Crippen molar-refractivity contribution in [2.24, 2.45) is 0 Å². The van der Waals surface area contributed by atoms with Gasteiger partial charge < -0.3 is 54.5 Å². The Bertz CT molecular complexity index is 2700. The van der Waals surface area contributed by atoms with Gasteiger partial charge in [0.2, 0.25) is 11.9 Å². The molecule has 8 rings (SSSR count). The Morgan fingerprint density at radius 2 is 1.43 bits per heavy atom. The van der Waals surface area contributed by atoms with Crippen LogP contribution in [-0.2, 0) is 33.6 Å². The zero-order valence-corrected chi connectivity index (χ0v) is 44.5. The number of piperazine rings is 2. The molecule has 0 spiro atoms. The van der Waals surface area contributed by atoms with Crippen LogP contribution in [0.5, 0.6) is 0 Å². The molecule has 5 heterocycles. The maximum absolute atomic E-state index is 13.8. The molecule has 2 aromatic heterocycles. The quantitative estimate of drug-likeness (QED) is 0.0493. The standard InChI is InChI=1S/C53H70ClFN12O7S/c1-40(2)75(69,70)48-11-4-3-10-47(48)61-52-46(54)37-56-53(62-52)60-42-12-14-44(15-13-42)64-22-24-66(25-23-64)51(68)16-27-71-29-31-73-33-34-74-32-30-72-28-26-63-18-20-65(21-19-63)50-36-49(57-39-58-50)59-43-8-6-17-67(38-43)45-9-5-7-41(55)35-45/h3-5,7,9-15,35-37,39-40,43H,6,8,16-34,38H2,1-2H3,(H,57,58,59)(H2,56,60,61,62)/t43-/m1/s1. The largest absolute Gasteiger partial charge is 0.379 e. The van der Waals surface area contributed by atoms with Gasteiger partial charge in [-0.25, -0.2) is 27.8 Å². The molecule has 0 saturated carbocycles. The maximum atomic E-state index is 13.8. The molecule has 1 atom stereocenters. The Morgan fingerprint density at radius 3 is 2.15 bits per heavy atom. The summed E-state index contributed by atoms with van der Waals surface area (Å²) in [6, 6.07) is 23.6. The summed E-state index contributed by atoms with van der Waals surface area (Å²) in [6.45, 7) is 15.8. The van der Waals surface area contributed by atoms with Gasteiger partial charge in [-0.05, 0) is 81.3 Å². The second kappa shape index (κ2) is 27.7. The van der Waals surface area contributed by atoms with E-state index in [1.54, 1.807) is 56.6 Å². The summed E-state index contributed by atoms with van der Waals surface area (Å²) < 4.78 is 62.6. The second-order valence-corrected chi connectivity index (χ2v) is 21.7. The summed E-state index contributed by atoms with van der Waals surface area (Å²) in [4.78, 5) is 42.1. The number of carbonyl (C=O) groups excluding carboxylic acids is 1. The summed E-state index contributed by atoms with van der Waals surface area (Å²) in [7, 11) is -3.55. The molecule has 3 saturated heterocycles. The lowest BCUT2D eigenvalue weighted by Crippen LogP contribution is -2.49. The highest BCUT2D eigenvalue weighted by atomic mass is 35.5. The molecule has 0 aliphatic carbocycles. The summed E-state index contributed by atoms with van der Waals surface area (Å²) in [5, 5.41) is 9.51. The fourth-order valence-electron chi connectivity index (χ4n) is 9.10. The number of nitrogens with zero attached hydrogens (tertiary/aromatic N) is 9. The van der Waals surface area contributed by atoms with Crippen LogP contribution in [0.25, 0.3) is 0 Å². The number of amides is 1. The maximum Gasteiger partial charge on any atom is 0.229 e. The number of sulfone groups is 1. The van der Waals surface area contributed by atoms with E-state index in [9.17, 15) is 17.6 Å². The zero-order valence-electron chi connectivity index (χ0n) is 42.9. The monoisotopic (exact) mass is 1070 g/mol. The van der Waals surface area contributed by atoms with Crippen molar-refractivity contribution in [3.63, 3.8) is 0 Å². The van der Waals surface area contributed by atoms with E-state index in [1.807, 2.05) is 41.3 Å². The van der Waals surface area contributed by atoms with Gasteiger partial charge in [0.05, 0.1) is 81.3 Å². The van der Waals surface area contributed by atoms with E-state index >= 15 is 0 Å². The first-order chi connectivity index (χ1) is 36.5. The average molecular weight is 1070 g/mol. The highest BCUT2D eigenvalue weighted by Crippen LogP contribution is 2.31. The van der Waals surface area contributed by atoms with Crippen LogP contribution in [0.1, 0.15) is 33.1 Å². The van der Waals surface area contributed by atoms with Crippen LogP contribution in [0.3, 0.4) is 0 Å². The molecule has 19 nitrogen and oxygen atoms in total. The number of anilines is 8. The molecular weight excluding hydrogens is 1000 g/mol. The first kappa shape index (κ1) is 55.3. The number of hydrogen-bond acceptors (Lipinski definition) is 18. The topological polar surface area (TPSA) is 192 Å². The van der Waals surface area contributed by atoms with Gasteiger partial charge in [0.15, 0.2) is 15.7 Å². The smallest absolute Gasteiger partial charge is 0.229 e. The number of carbonyl (C=O) groups is 1. The molecule has 404 valence electrons. The molecule has 0 bridgehead atoms.